The molecule has 1 aromatic carbocycles. The first-order valence-corrected chi connectivity index (χ1v) is 8.30. The zero-order chi connectivity index (χ0) is 16.0. The van der Waals surface area contributed by atoms with Gasteiger partial charge in [0.25, 0.3) is 0 Å². The number of carbonyl (C=O) groups excluding carboxylic acids is 1. The van der Waals surface area contributed by atoms with Crippen molar-refractivity contribution in [2.45, 2.75) is 44.2 Å². The SMILES string of the molecule is CC(C)[C@](C)(C#N)NC(=O)[C@H](C)SCc1ccc(Cl)cc1. The number of amides is 1. The van der Waals surface area contributed by atoms with Gasteiger partial charge in [-0.1, -0.05) is 37.6 Å². The number of benzene rings is 1. The van der Waals surface area contributed by atoms with Crippen LogP contribution in [-0.4, -0.2) is 16.7 Å². The van der Waals surface area contributed by atoms with Crippen LogP contribution in [0.3, 0.4) is 0 Å². The van der Waals surface area contributed by atoms with Crippen molar-refractivity contribution in [1.29, 1.82) is 5.26 Å². The molecule has 0 aliphatic carbocycles. The molecular formula is C16H21ClN2OS. The highest BCUT2D eigenvalue weighted by Gasteiger charge is 2.31. The fourth-order valence-electron chi connectivity index (χ4n) is 1.54. The highest BCUT2D eigenvalue weighted by Crippen LogP contribution is 2.21. The topological polar surface area (TPSA) is 52.9 Å². The third kappa shape index (κ3) is 5.26. The van der Waals surface area contributed by atoms with Crippen molar-refractivity contribution in [3.8, 4) is 6.07 Å². The van der Waals surface area contributed by atoms with Gasteiger partial charge in [-0.25, -0.2) is 0 Å². The maximum atomic E-state index is 12.2. The van der Waals surface area contributed by atoms with Crippen LogP contribution in [0.1, 0.15) is 33.3 Å². The lowest BCUT2D eigenvalue weighted by molar-refractivity contribution is -0.121. The minimum absolute atomic E-state index is 0.0555. The van der Waals surface area contributed by atoms with Gasteiger partial charge < -0.3 is 5.32 Å². The van der Waals surface area contributed by atoms with Crippen molar-refractivity contribution in [3.05, 3.63) is 34.9 Å². The van der Waals surface area contributed by atoms with Crippen LogP contribution < -0.4 is 5.32 Å². The Balaban J connectivity index is 2.55. The Hall–Kier alpha value is -1.18. The number of nitriles is 1. The van der Waals surface area contributed by atoms with E-state index in [4.69, 9.17) is 11.6 Å². The molecule has 0 heterocycles. The number of hydrogen-bond donors (Lipinski definition) is 1. The molecule has 0 bridgehead atoms. The van der Waals surface area contributed by atoms with Gasteiger partial charge in [-0.3, -0.25) is 4.79 Å². The van der Waals surface area contributed by atoms with Crippen molar-refractivity contribution in [2.75, 3.05) is 0 Å². The molecule has 0 fully saturated rings. The van der Waals surface area contributed by atoms with E-state index in [-0.39, 0.29) is 17.1 Å². The average molecular weight is 325 g/mol. The summed E-state index contributed by atoms with van der Waals surface area (Å²) in [6, 6.07) is 9.77. The second-order valence-corrected chi connectivity index (χ2v) is 7.30. The molecule has 0 radical (unpaired) electrons. The fourth-order valence-corrected chi connectivity index (χ4v) is 2.51. The molecule has 0 aliphatic heterocycles. The second kappa shape index (κ2) is 7.72. The predicted octanol–water partition coefficient (Wildman–Crippen LogP) is 4.02. The molecule has 114 valence electrons. The first-order valence-electron chi connectivity index (χ1n) is 6.88. The molecule has 1 N–H and O–H groups in total. The van der Waals surface area contributed by atoms with E-state index in [0.717, 1.165) is 11.3 Å². The summed E-state index contributed by atoms with van der Waals surface area (Å²) in [6.07, 6.45) is 0. The number of rotatable bonds is 6. The maximum Gasteiger partial charge on any atom is 0.234 e. The number of nitrogens with one attached hydrogen (secondary N) is 1. The van der Waals surface area contributed by atoms with Crippen molar-refractivity contribution in [3.63, 3.8) is 0 Å². The molecule has 21 heavy (non-hydrogen) atoms. The van der Waals surface area contributed by atoms with Crippen LogP contribution in [0.15, 0.2) is 24.3 Å². The summed E-state index contributed by atoms with van der Waals surface area (Å²) in [6.45, 7) is 7.46. The van der Waals surface area contributed by atoms with Gasteiger partial charge in [0.1, 0.15) is 5.54 Å². The third-order valence-corrected chi connectivity index (χ3v) is 5.02. The Kier molecular flexibility index (Phi) is 6.57. The van der Waals surface area contributed by atoms with Gasteiger partial charge in [0.15, 0.2) is 0 Å². The minimum atomic E-state index is -0.827. The van der Waals surface area contributed by atoms with Crippen molar-refractivity contribution < 1.29 is 4.79 Å². The summed E-state index contributed by atoms with van der Waals surface area (Å²) in [5.74, 6) is 0.683. The summed E-state index contributed by atoms with van der Waals surface area (Å²) < 4.78 is 0. The number of halogens is 1. The van der Waals surface area contributed by atoms with Crippen LogP contribution >= 0.6 is 23.4 Å². The number of nitrogens with zero attached hydrogens (tertiary/aromatic N) is 1. The molecular weight excluding hydrogens is 304 g/mol. The van der Waals surface area contributed by atoms with E-state index in [9.17, 15) is 10.1 Å². The van der Waals surface area contributed by atoms with Gasteiger partial charge in [-0.2, -0.15) is 5.26 Å². The Morgan fingerprint density at radius 1 is 1.38 bits per heavy atom. The molecule has 1 amide bonds. The molecule has 0 aromatic heterocycles. The second-order valence-electron chi connectivity index (χ2n) is 5.54. The fraction of sp³-hybridized carbons (Fsp3) is 0.500. The molecule has 2 atom stereocenters. The van der Waals surface area contributed by atoms with Gasteiger partial charge in [-0.15, -0.1) is 11.8 Å². The Morgan fingerprint density at radius 2 is 1.95 bits per heavy atom. The maximum absolute atomic E-state index is 12.2. The van der Waals surface area contributed by atoms with Crippen molar-refractivity contribution >= 4 is 29.3 Å². The first-order chi connectivity index (χ1) is 9.78. The van der Waals surface area contributed by atoms with Crippen LogP contribution in [0.2, 0.25) is 5.02 Å². The van der Waals surface area contributed by atoms with E-state index in [1.165, 1.54) is 0 Å². The highest BCUT2D eigenvalue weighted by molar-refractivity contribution is 7.99. The molecule has 0 aliphatic rings. The largest absolute Gasteiger partial charge is 0.337 e. The standard InChI is InChI=1S/C16H21ClN2OS/c1-11(2)16(4,10-18)19-15(20)12(3)21-9-13-5-7-14(17)8-6-13/h5-8,11-12H,9H2,1-4H3,(H,19,20)/t12-,16-/m0/s1. The van der Waals surface area contributed by atoms with Crippen molar-refractivity contribution in [2.24, 2.45) is 5.92 Å². The third-order valence-electron chi connectivity index (χ3n) is 3.55. The number of carbonyl (C=O) groups is 1. The summed E-state index contributed by atoms with van der Waals surface area (Å²) in [4.78, 5) is 12.2. The van der Waals surface area contributed by atoms with E-state index in [1.54, 1.807) is 18.7 Å². The number of thioether (sulfide) groups is 1. The van der Waals surface area contributed by atoms with Crippen LogP contribution in [-0.2, 0) is 10.5 Å². The average Bonchev–Trinajstić information content (AvgIpc) is 2.45. The van der Waals surface area contributed by atoms with Crippen molar-refractivity contribution in [1.82, 2.24) is 5.32 Å². The van der Waals surface area contributed by atoms with Gasteiger partial charge in [-0.05, 0) is 37.5 Å². The molecule has 3 nitrogen and oxygen atoms in total. The monoisotopic (exact) mass is 324 g/mol. The Labute approximate surface area is 136 Å². The molecule has 1 aromatic rings. The molecule has 0 saturated carbocycles. The van der Waals surface area contributed by atoms with E-state index in [0.29, 0.717) is 5.02 Å². The lowest BCUT2D eigenvalue weighted by atomic mass is 9.90. The summed E-state index contributed by atoms with van der Waals surface area (Å²) in [5.41, 5.74) is 0.294. The van der Waals surface area contributed by atoms with E-state index < -0.39 is 5.54 Å². The Bertz CT molecular complexity index is 524. The summed E-state index contributed by atoms with van der Waals surface area (Å²) >= 11 is 7.38. The molecule has 0 spiro atoms. The summed E-state index contributed by atoms with van der Waals surface area (Å²) in [7, 11) is 0. The van der Waals surface area contributed by atoms with E-state index in [1.807, 2.05) is 45.0 Å². The Morgan fingerprint density at radius 3 is 2.43 bits per heavy atom. The van der Waals surface area contributed by atoms with Gasteiger partial charge >= 0.3 is 0 Å². The molecule has 5 heteroatoms. The van der Waals surface area contributed by atoms with Gasteiger partial charge in [0.05, 0.1) is 11.3 Å². The first kappa shape index (κ1) is 17.9. The minimum Gasteiger partial charge on any atom is -0.337 e. The lowest BCUT2D eigenvalue weighted by Crippen LogP contribution is -2.51. The quantitative estimate of drug-likeness (QED) is 0.860. The normalized spacial score (nSPS) is 15.1. The van der Waals surface area contributed by atoms with E-state index >= 15 is 0 Å². The van der Waals surface area contributed by atoms with Crippen LogP contribution in [0.4, 0.5) is 0 Å². The van der Waals surface area contributed by atoms with Gasteiger partial charge in [0.2, 0.25) is 5.91 Å². The molecule has 0 saturated heterocycles. The van der Waals surface area contributed by atoms with Crippen LogP contribution in [0.5, 0.6) is 0 Å². The van der Waals surface area contributed by atoms with E-state index in [2.05, 4.69) is 11.4 Å². The van der Waals surface area contributed by atoms with Gasteiger partial charge in [0, 0.05) is 10.8 Å². The number of hydrogen-bond acceptors (Lipinski definition) is 3. The molecule has 1 rings (SSSR count). The van der Waals surface area contributed by atoms with Crippen LogP contribution in [0, 0.1) is 17.2 Å². The van der Waals surface area contributed by atoms with Crippen LogP contribution in [0.25, 0.3) is 0 Å². The summed E-state index contributed by atoms with van der Waals surface area (Å²) in [5, 5.41) is 12.6. The smallest absolute Gasteiger partial charge is 0.234 e. The highest BCUT2D eigenvalue weighted by atomic mass is 35.5. The molecule has 0 unspecified atom stereocenters. The predicted molar refractivity (Wildman–Crippen MR) is 89.2 cm³/mol. The lowest BCUT2D eigenvalue weighted by Gasteiger charge is -2.28. The zero-order valence-electron chi connectivity index (χ0n) is 12.8. The zero-order valence-corrected chi connectivity index (χ0v) is 14.4.